The predicted molar refractivity (Wildman–Crippen MR) is 58.3 cm³/mol. The van der Waals surface area contributed by atoms with E-state index >= 15 is 0 Å². The molecule has 0 unspecified atom stereocenters. The molecule has 0 spiro atoms. The average Bonchev–Trinajstić information content (AvgIpc) is 2.24. The predicted octanol–water partition coefficient (Wildman–Crippen LogP) is 1.01. The summed E-state index contributed by atoms with van der Waals surface area (Å²) in [6.45, 7) is 2.98. The molecule has 1 aromatic rings. The largest absolute Gasteiger partial charge is 0.352 e. The van der Waals surface area contributed by atoms with Crippen molar-refractivity contribution < 1.29 is 9.63 Å². The molecule has 0 saturated heterocycles. The van der Waals surface area contributed by atoms with Gasteiger partial charge in [-0.3, -0.25) is 4.79 Å². The molecule has 0 aliphatic carbocycles. The van der Waals surface area contributed by atoms with Gasteiger partial charge in [-0.2, -0.15) is 0 Å². The number of aryl methyl sites for hydroxylation is 1. The lowest BCUT2D eigenvalue weighted by Gasteiger charge is -2.04. The third-order valence-corrected chi connectivity index (χ3v) is 2.00. The van der Waals surface area contributed by atoms with Crippen LogP contribution in [0.4, 0.5) is 0 Å². The maximum absolute atomic E-state index is 11.6. The van der Waals surface area contributed by atoms with Gasteiger partial charge >= 0.3 is 0 Å². The van der Waals surface area contributed by atoms with Crippen LogP contribution in [0.2, 0.25) is 0 Å². The minimum atomic E-state index is -0.0595. The van der Waals surface area contributed by atoms with Gasteiger partial charge in [0.1, 0.15) is 0 Å². The maximum atomic E-state index is 11.6. The van der Waals surface area contributed by atoms with Crippen LogP contribution in [0.3, 0.4) is 0 Å². The molecule has 0 bridgehead atoms. The second kappa shape index (κ2) is 6.16. The minimum absolute atomic E-state index is 0.0595. The molecule has 0 aliphatic heterocycles. The smallest absolute Gasteiger partial charge is 0.251 e. The van der Waals surface area contributed by atoms with Crippen LogP contribution < -0.4 is 11.2 Å². The van der Waals surface area contributed by atoms with E-state index in [1.807, 2.05) is 25.1 Å². The van der Waals surface area contributed by atoms with Crippen molar-refractivity contribution >= 4 is 5.91 Å². The SMILES string of the molecule is Cc1cccc(C(=O)NCCCON)c1. The van der Waals surface area contributed by atoms with Gasteiger partial charge in [0.05, 0.1) is 6.61 Å². The van der Waals surface area contributed by atoms with Gasteiger partial charge in [-0.25, -0.2) is 5.90 Å². The molecule has 82 valence electrons. The summed E-state index contributed by atoms with van der Waals surface area (Å²) >= 11 is 0. The fourth-order valence-corrected chi connectivity index (χ4v) is 1.25. The summed E-state index contributed by atoms with van der Waals surface area (Å²) in [6, 6.07) is 7.48. The minimum Gasteiger partial charge on any atom is -0.352 e. The Morgan fingerprint density at radius 3 is 3.00 bits per heavy atom. The van der Waals surface area contributed by atoms with E-state index in [1.165, 1.54) is 0 Å². The molecule has 4 heteroatoms. The zero-order valence-electron chi connectivity index (χ0n) is 8.82. The maximum Gasteiger partial charge on any atom is 0.251 e. The number of nitrogens with one attached hydrogen (secondary N) is 1. The average molecular weight is 208 g/mol. The van der Waals surface area contributed by atoms with Crippen molar-refractivity contribution in [3.8, 4) is 0 Å². The second-order valence-corrected chi connectivity index (χ2v) is 3.35. The third-order valence-electron chi connectivity index (χ3n) is 2.00. The van der Waals surface area contributed by atoms with Gasteiger partial charge < -0.3 is 10.2 Å². The molecule has 3 N–H and O–H groups in total. The van der Waals surface area contributed by atoms with Crippen molar-refractivity contribution in [2.45, 2.75) is 13.3 Å². The normalized spacial score (nSPS) is 10.0. The molecule has 1 rings (SSSR count). The number of benzene rings is 1. The summed E-state index contributed by atoms with van der Waals surface area (Å²) in [4.78, 5) is 16.0. The highest BCUT2D eigenvalue weighted by molar-refractivity contribution is 5.94. The standard InChI is InChI=1S/C11H16N2O2/c1-9-4-2-5-10(8-9)11(14)13-6-3-7-15-12/h2,4-5,8H,3,6-7,12H2,1H3,(H,13,14). The van der Waals surface area contributed by atoms with E-state index in [0.29, 0.717) is 25.1 Å². The van der Waals surface area contributed by atoms with Crippen LogP contribution in [-0.4, -0.2) is 19.1 Å². The summed E-state index contributed by atoms with van der Waals surface area (Å²) < 4.78 is 0. The molecular formula is C11H16N2O2. The number of amides is 1. The topological polar surface area (TPSA) is 64.3 Å². The quantitative estimate of drug-likeness (QED) is 0.560. The molecule has 0 saturated carbocycles. The molecule has 15 heavy (non-hydrogen) atoms. The molecule has 0 heterocycles. The first-order valence-corrected chi connectivity index (χ1v) is 4.90. The number of hydrogen-bond donors (Lipinski definition) is 2. The Morgan fingerprint density at radius 2 is 2.33 bits per heavy atom. The molecule has 0 radical (unpaired) electrons. The van der Waals surface area contributed by atoms with Gasteiger partial charge in [-0.1, -0.05) is 17.7 Å². The molecule has 0 fully saturated rings. The number of carbonyl (C=O) groups is 1. The molecule has 0 aromatic heterocycles. The summed E-state index contributed by atoms with van der Waals surface area (Å²) in [6.07, 6.45) is 0.716. The Morgan fingerprint density at radius 1 is 1.53 bits per heavy atom. The first-order chi connectivity index (χ1) is 7.24. The van der Waals surface area contributed by atoms with Crippen LogP contribution in [0.5, 0.6) is 0 Å². The molecule has 1 amide bonds. The summed E-state index contributed by atoms with van der Waals surface area (Å²) in [7, 11) is 0. The molecule has 1 aromatic carbocycles. The summed E-state index contributed by atoms with van der Waals surface area (Å²) in [5, 5.41) is 2.79. The van der Waals surface area contributed by atoms with Gasteiger partial charge in [0.2, 0.25) is 0 Å². The Kier molecular flexibility index (Phi) is 4.80. The van der Waals surface area contributed by atoms with Crippen molar-refractivity contribution in [2.75, 3.05) is 13.2 Å². The van der Waals surface area contributed by atoms with Crippen LogP contribution >= 0.6 is 0 Å². The molecule has 0 aliphatic rings. The lowest BCUT2D eigenvalue weighted by molar-refractivity contribution is 0.0941. The van der Waals surface area contributed by atoms with E-state index in [2.05, 4.69) is 10.2 Å². The Balaban J connectivity index is 2.40. The Bertz CT molecular complexity index is 326. The Hall–Kier alpha value is -1.39. The highest BCUT2D eigenvalue weighted by Gasteiger charge is 2.03. The van der Waals surface area contributed by atoms with Crippen molar-refractivity contribution in [3.05, 3.63) is 35.4 Å². The van der Waals surface area contributed by atoms with Crippen LogP contribution in [0.1, 0.15) is 22.3 Å². The van der Waals surface area contributed by atoms with Crippen LogP contribution in [0.15, 0.2) is 24.3 Å². The highest BCUT2D eigenvalue weighted by Crippen LogP contribution is 2.03. The van der Waals surface area contributed by atoms with Crippen molar-refractivity contribution in [1.29, 1.82) is 0 Å². The van der Waals surface area contributed by atoms with Crippen LogP contribution in [-0.2, 0) is 4.84 Å². The Labute approximate surface area is 89.4 Å². The lowest BCUT2D eigenvalue weighted by Crippen LogP contribution is -2.25. The zero-order chi connectivity index (χ0) is 11.1. The van der Waals surface area contributed by atoms with Crippen LogP contribution in [0, 0.1) is 6.92 Å². The first-order valence-electron chi connectivity index (χ1n) is 4.90. The number of rotatable bonds is 5. The van der Waals surface area contributed by atoms with Gasteiger partial charge in [-0.15, -0.1) is 0 Å². The number of hydrogen-bond acceptors (Lipinski definition) is 3. The third kappa shape index (κ3) is 4.10. The fourth-order valence-electron chi connectivity index (χ4n) is 1.25. The van der Waals surface area contributed by atoms with E-state index in [-0.39, 0.29) is 5.91 Å². The van der Waals surface area contributed by atoms with E-state index in [4.69, 9.17) is 5.90 Å². The zero-order valence-corrected chi connectivity index (χ0v) is 8.82. The second-order valence-electron chi connectivity index (χ2n) is 3.35. The van der Waals surface area contributed by atoms with Gasteiger partial charge in [-0.05, 0) is 25.5 Å². The highest BCUT2D eigenvalue weighted by atomic mass is 16.6. The first kappa shape index (κ1) is 11.7. The van der Waals surface area contributed by atoms with Crippen LogP contribution in [0.25, 0.3) is 0 Å². The molecule has 0 atom stereocenters. The monoisotopic (exact) mass is 208 g/mol. The van der Waals surface area contributed by atoms with Gasteiger partial charge in [0.25, 0.3) is 5.91 Å². The van der Waals surface area contributed by atoms with Gasteiger partial charge in [0.15, 0.2) is 0 Å². The number of nitrogens with two attached hydrogens (primary N) is 1. The molecule has 4 nitrogen and oxygen atoms in total. The summed E-state index contributed by atoms with van der Waals surface area (Å²) in [5.74, 6) is 4.80. The van der Waals surface area contributed by atoms with E-state index < -0.39 is 0 Å². The molecular weight excluding hydrogens is 192 g/mol. The van der Waals surface area contributed by atoms with Crippen molar-refractivity contribution in [3.63, 3.8) is 0 Å². The summed E-state index contributed by atoms with van der Waals surface area (Å²) in [5.41, 5.74) is 1.76. The van der Waals surface area contributed by atoms with E-state index in [0.717, 1.165) is 5.56 Å². The van der Waals surface area contributed by atoms with Crippen molar-refractivity contribution in [2.24, 2.45) is 5.90 Å². The lowest BCUT2D eigenvalue weighted by atomic mass is 10.1. The van der Waals surface area contributed by atoms with Crippen molar-refractivity contribution in [1.82, 2.24) is 5.32 Å². The van der Waals surface area contributed by atoms with E-state index in [1.54, 1.807) is 6.07 Å². The number of carbonyl (C=O) groups excluding carboxylic acids is 1. The fraction of sp³-hybridized carbons (Fsp3) is 0.364. The van der Waals surface area contributed by atoms with Gasteiger partial charge in [0, 0.05) is 12.1 Å². The van der Waals surface area contributed by atoms with E-state index in [9.17, 15) is 4.79 Å².